The Hall–Kier alpha value is -0.960. The van der Waals surface area contributed by atoms with Crippen LogP contribution in [0.3, 0.4) is 0 Å². The molecule has 1 atom stereocenters. The van der Waals surface area contributed by atoms with Crippen LogP contribution in [0.1, 0.15) is 24.5 Å². The second-order valence-corrected chi connectivity index (χ2v) is 4.53. The van der Waals surface area contributed by atoms with E-state index in [2.05, 4.69) is 5.32 Å². The van der Waals surface area contributed by atoms with Gasteiger partial charge in [-0.2, -0.15) is 0 Å². The number of hydrogen-bond acceptors (Lipinski definition) is 1. The summed E-state index contributed by atoms with van der Waals surface area (Å²) in [5.41, 5.74) is 1.45. The van der Waals surface area contributed by atoms with E-state index in [1.807, 2.05) is 38.1 Å². The van der Waals surface area contributed by atoms with Crippen LogP contribution >= 0.6 is 0 Å². The van der Waals surface area contributed by atoms with Crippen molar-refractivity contribution in [3.8, 4) is 0 Å². The molecule has 1 fully saturated rings. The Morgan fingerprint density at radius 2 is 1.93 bits per heavy atom. The molecule has 0 spiro atoms. The fourth-order valence-corrected chi connectivity index (χ4v) is 2.35. The first kappa shape index (κ1) is 10.6. The second-order valence-electron chi connectivity index (χ2n) is 4.53. The zero-order chi connectivity index (χ0) is 11.1. The number of aryl methyl sites for hydroxylation is 1. The van der Waals surface area contributed by atoms with Gasteiger partial charge in [-0.25, -0.2) is 8.78 Å². The third kappa shape index (κ3) is 1.88. The largest absolute Gasteiger partial charge is 0.302 e. The maximum Gasteiger partial charge on any atom is 0.262 e. The lowest BCUT2D eigenvalue weighted by atomic mass is 9.87. The summed E-state index contributed by atoms with van der Waals surface area (Å²) in [6, 6.07) is 7.70. The van der Waals surface area contributed by atoms with Crippen molar-refractivity contribution < 1.29 is 8.78 Å². The lowest BCUT2D eigenvalue weighted by molar-refractivity contribution is 0.0164. The fourth-order valence-electron chi connectivity index (χ4n) is 2.35. The van der Waals surface area contributed by atoms with Crippen LogP contribution < -0.4 is 5.32 Å². The first-order chi connectivity index (χ1) is 6.93. The van der Waals surface area contributed by atoms with E-state index < -0.39 is 11.5 Å². The highest BCUT2D eigenvalue weighted by Gasteiger charge is 2.47. The number of benzene rings is 1. The van der Waals surface area contributed by atoms with Gasteiger partial charge >= 0.3 is 0 Å². The number of alkyl halides is 2. The Balaban J connectivity index is 2.36. The number of rotatable bonds is 1. The predicted molar refractivity (Wildman–Crippen MR) is 56.1 cm³/mol. The highest BCUT2D eigenvalue weighted by molar-refractivity contribution is 5.33. The molecule has 15 heavy (non-hydrogen) atoms. The molecular formula is C12H15F2N. The van der Waals surface area contributed by atoms with Gasteiger partial charge in [-0.1, -0.05) is 24.3 Å². The first-order valence-electron chi connectivity index (χ1n) is 5.12. The molecule has 0 bridgehead atoms. The van der Waals surface area contributed by atoms with Gasteiger partial charge in [0.2, 0.25) is 0 Å². The van der Waals surface area contributed by atoms with Crippen LogP contribution in [-0.4, -0.2) is 12.5 Å². The molecular weight excluding hydrogens is 196 g/mol. The Labute approximate surface area is 88.5 Å². The third-order valence-corrected chi connectivity index (χ3v) is 3.09. The van der Waals surface area contributed by atoms with Crippen molar-refractivity contribution in [3.05, 3.63) is 35.4 Å². The Morgan fingerprint density at radius 1 is 1.27 bits per heavy atom. The predicted octanol–water partition coefficient (Wildman–Crippen LogP) is 2.84. The summed E-state index contributed by atoms with van der Waals surface area (Å²) in [5.74, 6) is -2.59. The van der Waals surface area contributed by atoms with Gasteiger partial charge in [-0.05, 0) is 25.0 Å². The third-order valence-electron chi connectivity index (χ3n) is 3.09. The monoisotopic (exact) mass is 211 g/mol. The normalized spacial score (nSPS) is 29.3. The molecule has 2 rings (SSSR count). The first-order valence-corrected chi connectivity index (χ1v) is 5.12. The minimum atomic E-state index is -2.59. The maximum absolute atomic E-state index is 13.2. The highest BCUT2D eigenvalue weighted by atomic mass is 19.3. The summed E-state index contributed by atoms with van der Waals surface area (Å²) in [6.45, 7) is 3.58. The summed E-state index contributed by atoms with van der Waals surface area (Å²) >= 11 is 0. The van der Waals surface area contributed by atoms with Gasteiger partial charge in [0.15, 0.2) is 0 Å². The molecule has 1 heterocycles. The average molecular weight is 211 g/mol. The standard InChI is InChI=1S/C12H15F2N/c1-9-5-3-4-6-10(9)11(2)7-12(13,14)8-15-11/h3-6,15H,7-8H2,1-2H3. The molecule has 3 heteroatoms. The summed E-state index contributed by atoms with van der Waals surface area (Å²) < 4.78 is 26.4. The summed E-state index contributed by atoms with van der Waals surface area (Å²) in [7, 11) is 0. The molecule has 0 aromatic heterocycles. The van der Waals surface area contributed by atoms with Crippen LogP contribution in [0.2, 0.25) is 0 Å². The van der Waals surface area contributed by atoms with Gasteiger partial charge in [-0.3, -0.25) is 0 Å². The molecule has 0 saturated carbocycles. The topological polar surface area (TPSA) is 12.0 Å². The molecule has 0 amide bonds. The van der Waals surface area contributed by atoms with Crippen LogP contribution in [0.15, 0.2) is 24.3 Å². The molecule has 1 nitrogen and oxygen atoms in total. The van der Waals surface area contributed by atoms with Gasteiger partial charge in [0.05, 0.1) is 6.54 Å². The van der Waals surface area contributed by atoms with Crippen molar-refractivity contribution >= 4 is 0 Å². The summed E-state index contributed by atoms with van der Waals surface area (Å²) in [5, 5.41) is 2.93. The van der Waals surface area contributed by atoms with Crippen molar-refractivity contribution in [2.45, 2.75) is 31.7 Å². The molecule has 0 radical (unpaired) electrons. The fraction of sp³-hybridized carbons (Fsp3) is 0.500. The van der Waals surface area contributed by atoms with E-state index in [-0.39, 0.29) is 13.0 Å². The minimum Gasteiger partial charge on any atom is -0.302 e. The van der Waals surface area contributed by atoms with E-state index in [0.717, 1.165) is 11.1 Å². The Bertz CT molecular complexity index is 376. The van der Waals surface area contributed by atoms with E-state index in [1.54, 1.807) is 0 Å². The van der Waals surface area contributed by atoms with E-state index in [9.17, 15) is 8.78 Å². The molecule has 1 aromatic rings. The highest BCUT2D eigenvalue weighted by Crippen LogP contribution is 2.39. The quantitative estimate of drug-likeness (QED) is 0.753. The van der Waals surface area contributed by atoms with Crippen molar-refractivity contribution in [1.29, 1.82) is 0 Å². The molecule has 1 aliphatic rings. The molecule has 1 aromatic carbocycles. The number of hydrogen-bond donors (Lipinski definition) is 1. The lowest BCUT2D eigenvalue weighted by Crippen LogP contribution is -2.33. The summed E-state index contributed by atoms with van der Waals surface area (Å²) in [6.07, 6.45) is -0.120. The van der Waals surface area contributed by atoms with Crippen molar-refractivity contribution in [2.24, 2.45) is 0 Å². The second kappa shape index (κ2) is 3.27. The maximum atomic E-state index is 13.2. The van der Waals surface area contributed by atoms with Gasteiger partial charge in [0, 0.05) is 12.0 Å². The smallest absolute Gasteiger partial charge is 0.262 e. The van der Waals surface area contributed by atoms with E-state index >= 15 is 0 Å². The van der Waals surface area contributed by atoms with Crippen molar-refractivity contribution in [3.63, 3.8) is 0 Å². The molecule has 1 N–H and O–H groups in total. The number of nitrogens with one attached hydrogen (secondary N) is 1. The molecule has 1 unspecified atom stereocenters. The molecule has 82 valence electrons. The average Bonchev–Trinajstić information content (AvgIpc) is 2.42. The molecule has 1 aliphatic heterocycles. The van der Waals surface area contributed by atoms with Crippen LogP contribution in [-0.2, 0) is 5.54 Å². The van der Waals surface area contributed by atoms with Crippen LogP contribution in [0.5, 0.6) is 0 Å². The van der Waals surface area contributed by atoms with Gasteiger partial charge in [0.25, 0.3) is 5.92 Å². The van der Waals surface area contributed by atoms with Crippen molar-refractivity contribution in [2.75, 3.05) is 6.54 Å². The number of halogens is 2. The zero-order valence-corrected chi connectivity index (χ0v) is 8.98. The summed E-state index contributed by atoms with van der Waals surface area (Å²) in [4.78, 5) is 0. The van der Waals surface area contributed by atoms with E-state index in [4.69, 9.17) is 0 Å². The molecule has 0 aliphatic carbocycles. The lowest BCUT2D eigenvalue weighted by Gasteiger charge is -2.26. The van der Waals surface area contributed by atoms with Gasteiger partial charge in [-0.15, -0.1) is 0 Å². The SMILES string of the molecule is Cc1ccccc1C1(C)CC(F)(F)CN1. The van der Waals surface area contributed by atoms with E-state index in [1.165, 1.54) is 0 Å². The Kier molecular flexibility index (Phi) is 2.30. The zero-order valence-electron chi connectivity index (χ0n) is 8.98. The van der Waals surface area contributed by atoms with Gasteiger partial charge in [0.1, 0.15) is 0 Å². The van der Waals surface area contributed by atoms with Gasteiger partial charge < -0.3 is 5.32 Å². The Morgan fingerprint density at radius 3 is 2.47 bits per heavy atom. The van der Waals surface area contributed by atoms with E-state index in [0.29, 0.717) is 0 Å². The minimum absolute atomic E-state index is 0.120. The molecule has 1 saturated heterocycles. The van der Waals surface area contributed by atoms with Crippen LogP contribution in [0, 0.1) is 6.92 Å². The van der Waals surface area contributed by atoms with Crippen LogP contribution in [0.4, 0.5) is 8.78 Å². The van der Waals surface area contributed by atoms with Crippen LogP contribution in [0.25, 0.3) is 0 Å². The van der Waals surface area contributed by atoms with Crippen molar-refractivity contribution in [1.82, 2.24) is 5.32 Å².